The third-order valence-corrected chi connectivity index (χ3v) is 5.73. The van der Waals surface area contributed by atoms with Crippen molar-refractivity contribution in [1.29, 1.82) is 0 Å². The van der Waals surface area contributed by atoms with Crippen LogP contribution in [0.15, 0.2) is 28.1 Å². The van der Waals surface area contributed by atoms with Crippen molar-refractivity contribution in [3.05, 3.63) is 23.8 Å². The number of carbonyl (C=O) groups excluding carboxylic acids is 1. The van der Waals surface area contributed by atoms with Gasteiger partial charge in [0.1, 0.15) is 18.0 Å². The normalized spacial score (nSPS) is 17.3. The molecule has 9 heteroatoms. The number of nitrogens with zero attached hydrogens (tertiary/aromatic N) is 3. The van der Waals surface area contributed by atoms with Crippen LogP contribution in [0.25, 0.3) is 0 Å². The van der Waals surface area contributed by atoms with Crippen molar-refractivity contribution < 1.29 is 13.2 Å². The second-order valence-electron chi connectivity index (χ2n) is 6.57. The lowest BCUT2D eigenvalue weighted by molar-refractivity contribution is 0.0125. The lowest BCUT2D eigenvalue weighted by Crippen LogP contribution is -2.61. The minimum absolute atomic E-state index is 0.139. The van der Waals surface area contributed by atoms with Crippen LogP contribution in [0.5, 0.6) is 0 Å². The van der Waals surface area contributed by atoms with Gasteiger partial charge in [0.05, 0.1) is 0 Å². The molecule has 25 heavy (non-hydrogen) atoms. The molecule has 0 saturated carbocycles. The van der Waals surface area contributed by atoms with Gasteiger partial charge in [-0.15, -0.1) is 0 Å². The molecule has 0 bridgehead atoms. The standard InChI is InChI=1S/C16H25N5O3S/c1-20(2)21(9-5-4-6-10-21)13-8-7-12(15(22)19-16(17)18)11-14(13)25(3,23)24/h7-8,11H,4-6,9-10H2,1-3H3,(H3-,17,18,19,22)/p+1. The largest absolute Gasteiger partial charge is 0.370 e. The number of piperidine rings is 1. The predicted octanol–water partition coefficient (Wildman–Crippen LogP) is 0.472. The third-order valence-electron chi connectivity index (χ3n) is 4.61. The van der Waals surface area contributed by atoms with Crippen LogP contribution in [0.4, 0.5) is 5.69 Å². The summed E-state index contributed by atoms with van der Waals surface area (Å²) < 4.78 is 25.3. The number of benzene rings is 1. The molecule has 1 amide bonds. The van der Waals surface area contributed by atoms with E-state index < -0.39 is 15.7 Å². The molecule has 1 heterocycles. The first-order valence-electron chi connectivity index (χ1n) is 8.11. The van der Waals surface area contributed by atoms with E-state index in [0.717, 1.165) is 38.6 Å². The molecule has 1 aliphatic rings. The van der Waals surface area contributed by atoms with E-state index in [9.17, 15) is 13.2 Å². The van der Waals surface area contributed by atoms with Crippen molar-refractivity contribution in [3.8, 4) is 0 Å². The second kappa shape index (κ2) is 7.11. The molecule has 1 fully saturated rings. The van der Waals surface area contributed by atoms with Gasteiger partial charge in [-0.3, -0.25) is 4.79 Å². The highest BCUT2D eigenvalue weighted by Crippen LogP contribution is 2.36. The summed E-state index contributed by atoms with van der Waals surface area (Å²) in [7, 11) is 0.336. The second-order valence-corrected chi connectivity index (χ2v) is 8.56. The minimum Gasteiger partial charge on any atom is -0.370 e. The van der Waals surface area contributed by atoms with Gasteiger partial charge in [-0.25, -0.2) is 13.0 Å². The zero-order valence-corrected chi connectivity index (χ0v) is 15.7. The number of sulfone groups is 1. The maximum atomic E-state index is 12.4. The van der Waals surface area contributed by atoms with Crippen molar-refractivity contribution in [2.45, 2.75) is 24.2 Å². The highest BCUT2D eigenvalue weighted by atomic mass is 32.2. The molecular weight excluding hydrogens is 342 g/mol. The van der Waals surface area contributed by atoms with E-state index >= 15 is 0 Å². The van der Waals surface area contributed by atoms with Gasteiger partial charge in [0.25, 0.3) is 5.91 Å². The summed E-state index contributed by atoms with van der Waals surface area (Å²) in [6.07, 6.45) is 4.30. The first kappa shape index (κ1) is 19.4. The average molecular weight is 368 g/mol. The topological polar surface area (TPSA) is 119 Å². The lowest BCUT2D eigenvalue weighted by Gasteiger charge is -2.45. The summed E-state index contributed by atoms with van der Waals surface area (Å²) >= 11 is 0. The summed E-state index contributed by atoms with van der Waals surface area (Å²) in [5.41, 5.74) is 11.3. The van der Waals surface area contributed by atoms with Crippen molar-refractivity contribution in [2.24, 2.45) is 16.5 Å². The van der Waals surface area contributed by atoms with E-state index in [4.69, 9.17) is 11.5 Å². The van der Waals surface area contributed by atoms with Crippen LogP contribution >= 0.6 is 0 Å². The summed E-state index contributed by atoms with van der Waals surface area (Å²) in [5.74, 6) is -1.02. The Kier molecular flexibility index (Phi) is 5.50. The van der Waals surface area contributed by atoms with Crippen LogP contribution in [0, 0.1) is 0 Å². The Labute approximate surface area is 148 Å². The number of hydrogen-bond donors (Lipinski definition) is 2. The lowest BCUT2D eigenvalue weighted by atomic mass is 10.1. The van der Waals surface area contributed by atoms with Gasteiger partial charge in [0, 0.05) is 32.0 Å². The van der Waals surface area contributed by atoms with E-state index in [1.165, 1.54) is 6.07 Å². The number of amides is 1. The summed E-state index contributed by atoms with van der Waals surface area (Å²) in [6.45, 7) is 1.63. The van der Waals surface area contributed by atoms with Gasteiger partial charge in [0.15, 0.2) is 21.5 Å². The van der Waals surface area contributed by atoms with E-state index in [0.29, 0.717) is 10.3 Å². The number of aliphatic imine (C=N–C) groups is 1. The summed E-state index contributed by atoms with van der Waals surface area (Å²) in [6, 6.07) is 4.66. The fourth-order valence-corrected chi connectivity index (χ4v) is 4.32. The Bertz CT molecular complexity index is 792. The summed E-state index contributed by atoms with van der Waals surface area (Å²) in [5, 5.41) is 2.03. The number of rotatable bonds is 4. The molecular formula is C16H26N5O3S+. The highest BCUT2D eigenvalue weighted by Gasteiger charge is 2.39. The molecule has 4 N–H and O–H groups in total. The van der Waals surface area contributed by atoms with Gasteiger partial charge in [-0.1, -0.05) is 0 Å². The molecule has 2 rings (SSSR count). The Morgan fingerprint density at radius 3 is 2.24 bits per heavy atom. The Hall–Kier alpha value is -1.97. The van der Waals surface area contributed by atoms with Crippen molar-refractivity contribution in [1.82, 2.24) is 9.60 Å². The van der Waals surface area contributed by atoms with E-state index in [2.05, 4.69) is 4.99 Å². The van der Waals surface area contributed by atoms with Gasteiger partial charge in [-0.05, 0) is 31.4 Å². The van der Waals surface area contributed by atoms with Crippen LogP contribution in [0.2, 0.25) is 0 Å². The monoisotopic (exact) mass is 368 g/mol. The molecule has 1 saturated heterocycles. The number of carbonyl (C=O) groups is 1. The molecule has 0 aliphatic carbocycles. The van der Waals surface area contributed by atoms with E-state index in [1.807, 2.05) is 19.1 Å². The molecule has 0 unspecified atom stereocenters. The molecule has 0 atom stereocenters. The van der Waals surface area contributed by atoms with Gasteiger partial charge in [0.2, 0.25) is 0 Å². The zero-order valence-electron chi connectivity index (χ0n) is 14.9. The predicted molar refractivity (Wildman–Crippen MR) is 98.8 cm³/mol. The highest BCUT2D eigenvalue weighted by molar-refractivity contribution is 7.90. The van der Waals surface area contributed by atoms with Crippen LogP contribution < -0.4 is 16.1 Å². The number of quaternary nitrogens is 1. The fraction of sp³-hybridized carbons (Fsp3) is 0.500. The Balaban J connectivity index is 2.66. The van der Waals surface area contributed by atoms with Gasteiger partial charge in [-0.2, -0.15) is 10.0 Å². The molecule has 8 nitrogen and oxygen atoms in total. The maximum absolute atomic E-state index is 12.4. The summed E-state index contributed by atoms with van der Waals surface area (Å²) in [4.78, 5) is 15.7. The number of hydrogen-bond acceptors (Lipinski definition) is 4. The molecule has 1 aromatic rings. The van der Waals surface area contributed by atoms with Crippen molar-refractivity contribution in [3.63, 3.8) is 0 Å². The number of nitrogens with two attached hydrogens (primary N) is 2. The average Bonchev–Trinajstić information content (AvgIpc) is 2.53. The Morgan fingerprint density at radius 2 is 1.76 bits per heavy atom. The van der Waals surface area contributed by atoms with Crippen LogP contribution in [0.3, 0.4) is 0 Å². The molecule has 1 aromatic carbocycles. The fourth-order valence-electron chi connectivity index (χ4n) is 3.36. The van der Waals surface area contributed by atoms with Gasteiger partial charge < -0.3 is 11.5 Å². The van der Waals surface area contributed by atoms with Crippen molar-refractivity contribution >= 4 is 27.4 Å². The van der Waals surface area contributed by atoms with E-state index in [1.54, 1.807) is 12.1 Å². The Morgan fingerprint density at radius 1 is 1.16 bits per heavy atom. The van der Waals surface area contributed by atoms with Crippen molar-refractivity contribution in [2.75, 3.05) is 33.4 Å². The molecule has 138 valence electrons. The van der Waals surface area contributed by atoms with Gasteiger partial charge >= 0.3 is 0 Å². The molecule has 0 radical (unpaired) electrons. The first-order valence-corrected chi connectivity index (χ1v) is 10.0. The molecule has 0 spiro atoms. The zero-order chi connectivity index (χ0) is 18.8. The molecule has 0 aromatic heterocycles. The van der Waals surface area contributed by atoms with Crippen LogP contribution in [-0.4, -0.2) is 58.7 Å². The maximum Gasteiger partial charge on any atom is 0.280 e. The molecule has 1 aliphatic heterocycles. The van der Waals surface area contributed by atoms with Crippen LogP contribution in [0.1, 0.15) is 29.6 Å². The van der Waals surface area contributed by atoms with E-state index in [-0.39, 0.29) is 16.4 Å². The number of guanidine groups is 1. The SMILES string of the molecule is CN(C)[N+]1(c2ccc(C(=O)N=C(N)N)cc2S(C)(=O)=O)CCCCC1. The quantitative estimate of drug-likeness (QED) is 0.453. The third kappa shape index (κ3) is 4.00. The van der Waals surface area contributed by atoms with Crippen LogP contribution in [-0.2, 0) is 9.84 Å². The minimum atomic E-state index is -3.54. The first-order chi connectivity index (χ1) is 11.6. The smallest absolute Gasteiger partial charge is 0.280 e.